The molecule has 0 bridgehead atoms. The van der Waals surface area contributed by atoms with E-state index in [-0.39, 0.29) is 23.8 Å². The van der Waals surface area contributed by atoms with Gasteiger partial charge in [0.25, 0.3) is 0 Å². The number of hydrogen-bond donors (Lipinski definition) is 1. The number of hydrogen-bond acceptors (Lipinski definition) is 2. The van der Waals surface area contributed by atoms with Gasteiger partial charge in [-0.3, -0.25) is 4.79 Å². The van der Waals surface area contributed by atoms with Gasteiger partial charge in [0.15, 0.2) is 0 Å². The third-order valence-corrected chi connectivity index (χ3v) is 3.06. The Bertz CT molecular complexity index is 534. The summed E-state index contributed by atoms with van der Waals surface area (Å²) in [6.45, 7) is 0.570. The molecule has 0 aliphatic heterocycles. The summed E-state index contributed by atoms with van der Waals surface area (Å²) in [4.78, 5) is 13.9. The molecule has 0 fully saturated rings. The molecule has 1 amide bonds. The van der Waals surface area contributed by atoms with Crippen molar-refractivity contribution in [1.82, 2.24) is 4.90 Å². The Morgan fingerprint density at radius 3 is 2.05 bits per heavy atom. The molecule has 0 aliphatic carbocycles. The maximum atomic E-state index is 12.2. The van der Waals surface area contributed by atoms with Crippen LogP contribution in [0.1, 0.15) is 17.2 Å². The summed E-state index contributed by atoms with van der Waals surface area (Å²) in [6, 6.07) is 18.7. The maximum absolute atomic E-state index is 12.2. The third-order valence-electron chi connectivity index (χ3n) is 3.06. The number of likely N-dealkylation sites (N-methyl/N-ethyl adjacent to an activating group) is 1. The Morgan fingerprint density at radius 1 is 1.05 bits per heavy atom. The minimum atomic E-state index is -0.602. The lowest BCUT2D eigenvalue weighted by Crippen LogP contribution is -2.35. The van der Waals surface area contributed by atoms with E-state index in [0.717, 1.165) is 11.1 Å². The van der Waals surface area contributed by atoms with Crippen LogP contribution in [0.15, 0.2) is 60.7 Å². The molecule has 114 valence electrons. The predicted molar refractivity (Wildman–Crippen MR) is 87.1 cm³/mol. The van der Waals surface area contributed by atoms with Gasteiger partial charge in [-0.15, -0.1) is 12.4 Å². The van der Waals surface area contributed by atoms with Crippen LogP contribution >= 0.6 is 12.4 Å². The average Bonchev–Trinajstić information content (AvgIpc) is 2.47. The SMILES string of the molecule is CN(Cc1ccccc1)C(=O)[C@@H](N)c1ccccc1.Cl.O. The van der Waals surface area contributed by atoms with E-state index in [9.17, 15) is 4.79 Å². The molecule has 4 nitrogen and oxygen atoms in total. The largest absolute Gasteiger partial charge is 0.412 e. The van der Waals surface area contributed by atoms with Crippen molar-refractivity contribution >= 4 is 18.3 Å². The molecule has 21 heavy (non-hydrogen) atoms. The Kier molecular flexibility index (Phi) is 8.31. The van der Waals surface area contributed by atoms with Crippen LogP contribution in [-0.2, 0) is 11.3 Å². The van der Waals surface area contributed by atoms with E-state index < -0.39 is 6.04 Å². The molecular weight excluding hydrogens is 288 g/mol. The van der Waals surface area contributed by atoms with E-state index in [4.69, 9.17) is 5.73 Å². The number of nitrogens with zero attached hydrogens (tertiary/aromatic N) is 1. The van der Waals surface area contributed by atoms with Crippen molar-refractivity contribution < 1.29 is 10.3 Å². The van der Waals surface area contributed by atoms with Gasteiger partial charge in [-0.2, -0.15) is 0 Å². The van der Waals surface area contributed by atoms with Gasteiger partial charge in [-0.1, -0.05) is 60.7 Å². The summed E-state index contributed by atoms with van der Waals surface area (Å²) in [5.41, 5.74) is 7.94. The van der Waals surface area contributed by atoms with Gasteiger partial charge in [0.2, 0.25) is 5.91 Å². The minimum absolute atomic E-state index is 0. The lowest BCUT2D eigenvalue weighted by molar-refractivity contribution is -0.131. The zero-order valence-electron chi connectivity index (χ0n) is 11.9. The summed E-state index contributed by atoms with van der Waals surface area (Å²) >= 11 is 0. The molecule has 2 aromatic carbocycles. The standard InChI is InChI=1S/C16H18N2O.ClH.H2O/c1-18(12-13-8-4-2-5-9-13)16(19)15(17)14-10-6-3-7-11-14;;/h2-11,15H,12,17H2,1H3;1H;1H2/t15-;;/m0../s1. The topological polar surface area (TPSA) is 77.8 Å². The van der Waals surface area contributed by atoms with Crippen LogP contribution in [0.2, 0.25) is 0 Å². The minimum Gasteiger partial charge on any atom is -0.412 e. The molecule has 0 unspecified atom stereocenters. The lowest BCUT2D eigenvalue weighted by atomic mass is 10.1. The summed E-state index contributed by atoms with van der Waals surface area (Å²) < 4.78 is 0. The van der Waals surface area contributed by atoms with E-state index in [1.54, 1.807) is 11.9 Å². The average molecular weight is 309 g/mol. The number of benzene rings is 2. The fraction of sp³-hybridized carbons (Fsp3) is 0.188. The highest BCUT2D eigenvalue weighted by Crippen LogP contribution is 2.13. The molecular formula is C16H21ClN2O2. The van der Waals surface area contributed by atoms with Crippen molar-refractivity contribution in [3.8, 4) is 0 Å². The lowest BCUT2D eigenvalue weighted by Gasteiger charge is -2.21. The van der Waals surface area contributed by atoms with Crippen molar-refractivity contribution in [1.29, 1.82) is 0 Å². The van der Waals surface area contributed by atoms with Crippen molar-refractivity contribution in [3.05, 3.63) is 71.8 Å². The number of rotatable bonds is 4. The molecule has 0 heterocycles. The van der Waals surface area contributed by atoms with Crippen LogP contribution in [0.3, 0.4) is 0 Å². The second kappa shape index (κ2) is 9.13. The van der Waals surface area contributed by atoms with Gasteiger partial charge in [0.1, 0.15) is 6.04 Å². The van der Waals surface area contributed by atoms with Crippen LogP contribution in [0, 0.1) is 0 Å². The van der Waals surface area contributed by atoms with Crippen LogP contribution in [0.4, 0.5) is 0 Å². The third kappa shape index (κ3) is 5.19. The van der Waals surface area contributed by atoms with Gasteiger partial charge >= 0.3 is 0 Å². The van der Waals surface area contributed by atoms with Gasteiger partial charge in [0, 0.05) is 13.6 Å². The summed E-state index contributed by atoms with van der Waals surface area (Å²) in [6.07, 6.45) is 0. The zero-order chi connectivity index (χ0) is 13.7. The smallest absolute Gasteiger partial charge is 0.244 e. The molecule has 0 saturated carbocycles. The summed E-state index contributed by atoms with van der Waals surface area (Å²) in [5.74, 6) is -0.0740. The van der Waals surface area contributed by atoms with Gasteiger partial charge in [-0.05, 0) is 11.1 Å². The molecule has 0 radical (unpaired) electrons. The Morgan fingerprint density at radius 2 is 1.52 bits per heavy atom. The quantitative estimate of drug-likeness (QED) is 0.937. The van der Waals surface area contributed by atoms with Crippen molar-refractivity contribution in [2.24, 2.45) is 5.73 Å². The van der Waals surface area contributed by atoms with Crippen molar-refractivity contribution in [3.63, 3.8) is 0 Å². The van der Waals surface area contributed by atoms with Crippen LogP contribution in [0.5, 0.6) is 0 Å². The normalized spacial score (nSPS) is 10.8. The van der Waals surface area contributed by atoms with E-state index in [0.29, 0.717) is 6.54 Å². The fourth-order valence-corrected chi connectivity index (χ4v) is 1.98. The summed E-state index contributed by atoms with van der Waals surface area (Å²) in [5, 5.41) is 0. The molecule has 4 N–H and O–H groups in total. The maximum Gasteiger partial charge on any atom is 0.244 e. The Labute approximate surface area is 131 Å². The van der Waals surface area contributed by atoms with E-state index in [1.807, 2.05) is 60.7 Å². The summed E-state index contributed by atoms with van der Waals surface area (Å²) in [7, 11) is 1.78. The number of nitrogens with two attached hydrogens (primary N) is 1. The first-order chi connectivity index (χ1) is 9.18. The van der Waals surface area contributed by atoms with Gasteiger partial charge in [0.05, 0.1) is 0 Å². The molecule has 1 atom stereocenters. The molecule has 2 rings (SSSR count). The molecule has 2 aromatic rings. The highest BCUT2D eigenvalue weighted by Gasteiger charge is 2.19. The van der Waals surface area contributed by atoms with E-state index in [2.05, 4.69) is 0 Å². The van der Waals surface area contributed by atoms with Gasteiger partial charge < -0.3 is 16.1 Å². The Balaban J connectivity index is 0.00000200. The van der Waals surface area contributed by atoms with Crippen molar-refractivity contribution in [2.45, 2.75) is 12.6 Å². The second-order valence-electron chi connectivity index (χ2n) is 4.57. The van der Waals surface area contributed by atoms with Crippen LogP contribution in [0.25, 0.3) is 0 Å². The first-order valence-electron chi connectivity index (χ1n) is 6.28. The number of halogens is 1. The number of amides is 1. The zero-order valence-corrected chi connectivity index (χ0v) is 12.7. The highest BCUT2D eigenvalue weighted by molar-refractivity contribution is 5.85. The number of carbonyl (C=O) groups excluding carboxylic acids is 1. The van der Waals surface area contributed by atoms with Crippen LogP contribution < -0.4 is 5.73 Å². The molecule has 0 aromatic heterocycles. The van der Waals surface area contributed by atoms with Gasteiger partial charge in [-0.25, -0.2) is 0 Å². The van der Waals surface area contributed by atoms with E-state index >= 15 is 0 Å². The van der Waals surface area contributed by atoms with E-state index in [1.165, 1.54) is 0 Å². The highest BCUT2D eigenvalue weighted by atomic mass is 35.5. The predicted octanol–water partition coefficient (Wildman–Crippen LogP) is 1.94. The molecule has 5 heteroatoms. The van der Waals surface area contributed by atoms with Crippen LogP contribution in [-0.4, -0.2) is 23.3 Å². The fourth-order valence-electron chi connectivity index (χ4n) is 1.98. The number of carbonyl (C=O) groups is 1. The molecule has 0 aliphatic rings. The first-order valence-corrected chi connectivity index (χ1v) is 6.28. The molecule has 0 spiro atoms. The first kappa shape index (κ1) is 19.1. The monoisotopic (exact) mass is 308 g/mol. The molecule has 0 saturated heterocycles. The Hall–Kier alpha value is -1.88. The second-order valence-corrected chi connectivity index (χ2v) is 4.57. The van der Waals surface area contributed by atoms with Crippen molar-refractivity contribution in [2.75, 3.05) is 7.05 Å².